The van der Waals surface area contributed by atoms with Crippen molar-refractivity contribution in [2.24, 2.45) is 0 Å². The smallest absolute Gasteiger partial charge is 0.315 e. The maximum atomic E-state index is 11.9. The van der Waals surface area contributed by atoms with E-state index in [9.17, 15) is 9.59 Å². The summed E-state index contributed by atoms with van der Waals surface area (Å²) in [6.07, 6.45) is 0.674. The molecule has 1 heterocycles. The molecule has 0 bridgehead atoms. The predicted molar refractivity (Wildman–Crippen MR) is 63.7 cm³/mol. The summed E-state index contributed by atoms with van der Waals surface area (Å²) in [6, 6.07) is 7.77. The van der Waals surface area contributed by atoms with Gasteiger partial charge in [-0.25, -0.2) is 0 Å². The molecular weight excluding hydrogens is 218 g/mol. The van der Waals surface area contributed by atoms with Crippen LogP contribution in [0.5, 0.6) is 0 Å². The van der Waals surface area contributed by atoms with Gasteiger partial charge in [0, 0.05) is 12.2 Å². The van der Waals surface area contributed by atoms with E-state index in [1.54, 1.807) is 11.8 Å². The molecule has 2 rings (SSSR count). The Morgan fingerprint density at radius 3 is 2.88 bits per heavy atom. The van der Waals surface area contributed by atoms with Crippen LogP contribution in [0.15, 0.2) is 24.3 Å². The molecule has 0 aliphatic carbocycles. The highest BCUT2D eigenvalue weighted by Gasteiger charge is 2.25. The monoisotopic (exact) mass is 233 g/mol. The highest BCUT2D eigenvalue weighted by Crippen LogP contribution is 2.27. The number of rotatable bonds is 3. The van der Waals surface area contributed by atoms with E-state index in [0.717, 1.165) is 17.7 Å². The van der Waals surface area contributed by atoms with Crippen molar-refractivity contribution in [3.8, 4) is 0 Å². The fraction of sp³-hybridized carbons (Fsp3) is 0.385. The number of anilines is 1. The van der Waals surface area contributed by atoms with E-state index in [-0.39, 0.29) is 12.3 Å². The lowest BCUT2D eigenvalue weighted by Gasteiger charge is -2.16. The van der Waals surface area contributed by atoms with Crippen LogP contribution in [-0.2, 0) is 20.7 Å². The average molecular weight is 233 g/mol. The minimum Gasteiger partial charge on any atom is -0.466 e. The van der Waals surface area contributed by atoms with Gasteiger partial charge in [0.25, 0.3) is 0 Å². The summed E-state index contributed by atoms with van der Waals surface area (Å²) in [5.41, 5.74) is 2.08. The van der Waals surface area contributed by atoms with Crippen LogP contribution in [0.1, 0.15) is 18.9 Å². The van der Waals surface area contributed by atoms with Crippen LogP contribution >= 0.6 is 0 Å². The van der Waals surface area contributed by atoms with Crippen molar-refractivity contribution in [1.29, 1.82) is 0 Å². The number of hydrogen-bond donors (Lipinski definition) is 0. The molecule has 0 fully saturated rings. The molecule has 4 nitrogen and oxygen atoms in total. The number of nitrogens with zero attached hydrogens (tertiary/aromatic N) is 1. The van der Waals surface area contributed by atoms with Crippen molar-refractivity contribution in [2.75, 3.05) is 18.1 Å². The quantitative estimate of drug-likeness (QED) is 0.587. The number of esters is 1. The summed E-state index contributed by atoms with van der Waals surface area (Å²) >= 11 is 0. The molecule has 0 spiro atoms. The number of hydrogen-bond acceptors (Lipinski definition) is 3. The lowest BCUT2D eigenvalue weighted by atomic mass is 10.2. The maximum Gasteiger partial charge on any atom is 0.315 e. The van der Waals surface area contributed by atoms with Crippen molar-refractivity contribution < 1.29 is 14.3 Å². The molecule has 0 N–H and O–H groups in total. The first-order chi connectivity index (χ1) is 8.22. The summed E-state index contributed by atoms with van der Waals surface area (Å²) in [5.74, 6) is -0.643. The zero-order valence-electron chi connectivity index (χ0n) is 9.81. The summed E-state index contributed by atoms with van der Waals surface area (Å²) < 4.78 is 4.77. The average Bonchev–Trinajstić information content (AvgIpc) is 2.72. The number of benzene rings is 1. The largest absolute Gasteiger partial charge is 0.466 e. The van der Waals surface area contributed by atoms with Crippen molar-refractivity contribution in [1.82, 2.24) is 0 Å². The minimum absolute atomic E-state index is 0.178. The number of ether oxygens (including phenoxy) is 1. The molecule has 90 valence electrons. The highest BCUT2D eigenvalue weighted by molar-refractivity contribution is 6.04. The van der Waals surface area contributed by atoms with Crippen LogP contribution in [0.4, 0.5) is 5.69 Å². The SMILES string of the molecule is CCOC(=O)CC(=O)N1CCc2ccccc21. The van der Waals surface area contributed by atoms with Gasteiger partial charge in [-0.3, -0.25) is 9.59 Å². The Bertz CT molecular complexity index is 442. The topological polar surface area (TPSA) is 46.6 Å². The first-order valence-corrected chi connectivity index (χ1v) is 5.76. The van der Waals surface area contributed by atoms with Gasteiger partial charge in [-0.15, -0.1) is 0 Å². The van der Waals surface area contributed by atoms with E-state index in [2.05, 4.69) is 0 Å². The highest BCUT2D eigenvalue weighted by atomic mass is 16.5. The molecule has 0 saturated carbocycles. The van der Waals surface area contributed by atoms with Crippen LogP contribution in [0.25, 0.3) is 0 Å². The molecule has 1 aliphatic rings. The van der Waals surface area contributed by atoms with E-state index in [1.807, 2.05) is 24.3 Å². The Morgan fingerprint density at radius 2 is 2.12 bits per heavy atom. The maximum absolute atomic E-state index is 11.9. The third-order valence-corrected chi connectivity index (χ3v) is 2.79. The van der Waals surface area contributed by atoms with E-state index in [4.69, 9.17) is 4.74 Å². The molecular formula is C13H15NO3. The predicted octanol–water partition coefficient (Wildman–Crippen LogP) is 1.53. The third kappa shape index (κ3) is 2.46. The summed E-state index contributed by atoms with van der Waals surface area (Å²) in [6.45, 7) is 2.69. The Labute approximate surface area is 100 Å². The summed E-state index contributed by atoms with van der Waals surface area (Å²) in [4.78, 5) is 24.8. The standard InChI is InChI=1S/C13H15NO3/c1-2-17-13(16)9-12(15)14-8-7-10-5-3-4-6-11(10)14/h3-6H,2,7-9H2,1H3. The Morgan fingerprint density at radius 1 is 1.35 bits per heavy atom. The molecule has 4 heteroatoms. The van der Waals surface area contributed by atoms with E-state index in [1.165, 1.54) is 0 Å². The zero-order valence-corrected chi connectivity index (χ0v) is 9.81. The van der Waals surface area contributed by atoms with Crippen LogP contribution in [-0.4, -0.2) is 25.0 Å². The van der Waals surface area contributed by atoms with E-state index < -0.39 is 5.97 Å². The molecule has 0 unspecified atom stereocenters. The Hall–Kier alpha value is -1.84. The molecule has 17 heavy (non-hydrogen) atoms. The molecule has 0 aromatic heterocycles. The van der Waals surface area contributed by atoms with Gasteiger partial charge in [-0.05, 0) is 25.0 Å². The molecule has 0 saturated heterocycles. The van der Waals surface area contributed by atoms with Gasteiger partial charge in [0.05, 0.1) is 6.61 Å². The van der Waals surface area contributed by atoms with Gasteiger partial charge in [0.15, 0.2) is 0 Å². The summed E-state index contributed by atoms with van der Waals surface area (Å²) in [7, 11) is 0. The fourth-order valence-corrected chi connectivity index (χ4v) is 2.03. The molecule has 1 aliphatic heterocycles. The second-order valence-corrected chi connectivity index (χ2v) is 3.91. The summed E-state index contributed by atoms with van der Waals surface area (Å²) in [5, 5.41) is 0. The number of amides is 1. The van der Waals surface area contributed by atoms with Gasteiger partial charge in [0.2, 0.25) is 5.91 Å². The normalized spacial score (nSPS) is 13.4. The van der Waals surface area contributed by atoms with Gasteiger partial charge < -0.3 is 9.64 Å². The molecule has 1 aromatic carbocycles. The van der Waals surface area contributed by atoms with Crippen LogP contribution in [0.2, 0.25) is 0 Å². The molecule has 1 amide bonds. The second-order valence-electron chi connectivity index (χ2n) is 3.91. The van der Waals surface area contributed by atoms with Gasteiger partial charge in [0.1, 0.15) is 6.42 Å². The molecule has 0 atom stereocenters. The van der Waals surface area contributed by atoms with Crippen LogP contribution in [0.3, 0.4) is 0 Å². The number of carbonyl (C=O) groups excluding carboxylic acids is 2. The lowest BCUT2D eigenvalue weighted by molar-refractivity contribution is -0.145. The van der Waals surface area contributed by atoms with Gasteiger partial charge in [-0.1, -0.05) is 18.2 Å². The first kappa shape index (κ1) is 11.6. The van der Waals surface area contributed by atoms with E-state index >= 15 is 0 Å². The van der Waals surface area contributed by atoms with Crippen molar-refractivity contribution in [3.63, 3.8) is 0 Å². The van der Waals surface area contributed by atoms with Gasteiger partial charge in [-0.2, -0.15) is 0 Å². The lowest BCUT2D eigenvalue weighted by Crippen LogP contribution is -2.31. The van der Waals surface area contributed by atoms with Crippen molar-refractivity contribution in [2.45, 2.75) is 19.8 Å². The third-order valence-electron chi connectivity index (χ3n) is 2.79. The Kier molecular flexibility index (Phi) is 3.42. The van der Waals surface area contributed by atoms with Crippen LogP contribution in [0, 0.1) is 0 Å². The van der Waals surface area contributed by atoms with Crippen LogP contribution < -0.4 is 4.90 Å². The van der Waals surface area contributed by atoms with Crippen molar-refractivity contribution >= 4 is 17.6 Å². The van der Waals surface area contributed by atoms with Crippen molar-refractivity contribution in [3.05, 3.63) is 29.8 Å². The Balaban J connectivity index is 2.05. The number of fused-ring (bicyclic) bond motifs is 1. The zero-order chi connectivity index (χ0) is 12.3. The minimum atomic E-state index is -0.457. The number of para-hydroxylation sites is 1. The fourth-order valence-electron chi connectivity index (χ4n) is 2.03. The molecule has 1 aromatic rings. The van der Waals surface area contributed by atoms with Gasteiger partial charge >= 0.3 is 5.97 Å². The molecule has 0 radical (unpaired) electrons. The first-order valence-electron chi connectivity index (χ1n) is 5.76. The number of carbonyl (C=O) groups is 2. The van der Waals surface area contributed by atoms with E-state index in [0.29, 0.717) is 13.2 Å². The second kappa shape index (κ2) is 4.99.